The van der Waals surface area contributed by atoms with Gasteiger partial charge in [-0.15, -0.1) is 0 Å². The molecule has 0 aliphatic heterocycles. The maximum atomic E-state index is 2.44. The van der Waals surface area contributed by atoms with Crippen molar-refractivity contribution in [3.05, 3.63) is 242 Å². The lowest BCUT2D eigenvalue weighted by molar-refractivity contribution is 1.15. The van der Waals surface area contributed by atoms with E-state index < -0.39 is 0 Å². The maximum Gasteiger partial charge on any atom is 0.0788 e. The highest BCUT2D eigenvalue weighted by atomic mass is 15.1. The Morgan fingerprint density at radius 2 is 0.500 bits per heavy atom. The van der Waals surface area contributed by atoms with E-state index in [2.05, 4.69) is 263 Å². The van der Waals surface area contributed by atoms with Gasteiger partial charge in [0.05, 0.1) is 44.1 Å². The van der Waals surface area contributed by atoms with E-state index in [9.17, 15) is 0 Å². The SMILES string of the molecule is Cc1ccc(-n2c3ccccc3c3ccc4c5ccccc5n(-c5ccccc5)c4c32)cc1.Cc1ccc2c(c1)c1ccc3c4ccccc4n(-c4ccccc4)c3c1n2-c1ccccc1. The van der Waals surface area contributed by atoms with Gasteiger partial charge in [-0.3, -0.25) is 0 Å². The molecule has 4 nitrogen and oxygen atoms in total. The van der Waals surface area contributed by atoms with Gasteiger partial charge in [0.15, 0.2) is 0 Å². The van der Waals surface area contributed by atoms with Gasteiger partial charge in [0.2, 0.25) is 0 Å². The first-order valence-corrected chi connectivity index (χ1v) is 22.8. The van der Waals surface area contributed by atoms with Gasteiger partial charge in [0, 0.05) is 65.8 Å². The van der Waals surface area contributed by atoms with Crippen LogP contribution in [0.4, 0.5) is 0 Å². The minimum atomic E-state index is 1.18. The molecule has 0 spiro atoms. The fourth-order valence-electron chi connectivity index (χ4n) is 10.7. The van der Waals surface area contributed by atoms with Crippen molar-refractivity contribution >= 4 is 87.2 Å². The highest BCUT2D eigenvalue weighted by molar-refractivity contribution is 6.25. The molecule has 10 aromatic carbocycles. The largest absolute Gasteiger partial charge is 0.307 e. The van der Waals surface area contributed by atoms with Crippen molar-refractivity contribution in [1.29, 1.82) is 0 Å². The molecule has 4 heterocycles. The molecule has 14 rings (SSSR count). The average molecular weight is 845 g/mol. The van der Waals surface area contributed by atoms with Gasteiger partial charge >= 0.3 is 0 Å². The van der Waals surface area contributed by atoms with Crippen LogP contribution >= 0.6 is 0 Å². The topological polar surface area (TPSA) is 19.7 Å². The van der Waals surface area contributed by atoms with E-state index in [-0.39, 0.29) is 0 Å². The molecular formula is C62H44N4. The van der Waals surface area contributed by atoms with Crippen LogP contribution in [0.1, 0.15) is 11.1 Å². The standard InChI is InChI=1S/2C31H22N2/c1-21-16-19-29-27(20-21)26-18-17-25-24-14-8-9-15-28(24)32(22-10-4-2-5-11-22)30(25)31(26)33(29)23-12-6-3-7-13-23;1-21-15-17-23(18-16-21)33-29-14-8-6-12-25(29)27-20-19-26-24-11-5-7-13-28(24)32(30(26)31(27)33)22-9-3-2-4-10-22/h2*2-20H,1H3. The number of hydrogen-bond acceptors (Lipinski definition) is 0. The molecule has 0 N–H and O–H groups in total. The first-order valence-electron chi connectivity index (χ1n) is 22.8. The summed E-state index contributed by atoms with van der Waals surface area (Å²) in [5.74, 6) is 0. The molecule has 0 unspecified atom stereocenters. The lowest BCUT2D eigenvalue weighted by atomic mass is 10.1. The third-order valence-electron chi connectivity index (χ3n) is 13.5. The van der Waals surface area contributed by atoms with Gasteiger partial charge in [-0.1, -0.05) is 163 Å². The van der Waals surface area contributed by atoms with E-state index in [1.165, 1.54) is 121 Å². The van der Waals surface area contributed by atoms with Crippen molar-refractivity contribution < 1.29 is 0 Å². The molecule has 0 aliphatic rings. The van der Waals surface area contributed by atoms with Crippen LogP contribution in [0.3, 0.4) is 0 Å². The molecule has 4 aromatic heterocycles. The minimum absolute atomic E-state index is 1.18. The van der Waals surface area contributed by atoms with Crippen LogP contribution in [0.15, 0.2) is 231 Å². The number of fused-ring (bicyclic) bond motifs is 14. The first kappa shape index (κ1) is 37.9. The highest BCUT2D eigenvalue weighted by Crippen LogP contribution is 2.43. The second-order valence-corrected chi connectivity index (χ2v) is 17.5. The summed E-state index contributed by atoms with van der Waals surface area (Å²) in [6.07, 6.45) is 0. The Balaban J connectivity index is 0.000000132. The summed E-state index contributed by atoms with van der Waals surface area (Å²) in [5, 5.41) is 10.2. The lowest BCUT2D eigenvalue weighted by Gasteiger charge is -2.12. The molecule has 4 heteroatoms. The van der Waals surface area contributed by atoms with Crippen molar-refractivity contribution in [3.8, 4) is 22.7 Å². The predicted octanol–water partition coefficient (Wildman–Crippen LogP) is 16.4. The Bertz CT molecular complexity index is 4150. The van der Waals surface area contributed by atoms with Crippen LogP contribution in [0.5, 0.6) is 0 Å². The molecule has 0 saturated carbocycles. The normalized spacial score (nSPS) is 11.8. The Labute approximate surface area is 382 Å². The number of hydrogen-bond donors (Lipinski definition) is 0. The average Bonchev–Trinajstić information content (AvgIpc) is 4.10. The third-order valence-corrected chi connectivity index (χ3v) is 13.5. The van der Waals surface area contributed by atoms with Crippen LogP contribution in [0.2, 0.25) is 0 Å². The number of benzene rings is 10. The molecule has 0 atom stereocenters. The zero-order chi connectivity index (χ0) is 43.9. The molecule has 0 aliphatic carbocycles. The van der Waals surface area contributed by atoms with Crippen LogP contribution in [-0.2, 0) is 0 Å². The Morgan fingerprint density at radius 1 is 0.212 bits per heavy atom. The number of nitrogens with zero attached hydrogens (tertiary/aromatic N) is 4. The number of aromatic nitrogens is 4. The van der Waals surface area contributed by atoms with Crippen molar-refractivity contribution in [1.82, 2.24) is 18.3 Å². The van der Waals surface area contributed by atoms with Gasteiger partial charge in [0.25, 0.3) is 0 Å². The lowest BCUT2D eigenvalue weighted by Crippen LogP contribution is -1.98. The molecular weight excluding hydrogens is 801 g/mol. The summed E-state index contributed by atoms with van der Waals surface area (Å²) in [4.78, 5) is 0. The fourth-order valence-corrected chi connectivity index (χ4v) is 10.7. The van der Waals surface area contributed by atoms with Gasteiger partial charge < -0.3 is 18.3 Å². The van der Waals surface area contributed by atoms with E-state index in [0.29, 0.717) is 0 Å². The van der Waals surface area contributed by atoms with E-state index in [4.69, 9.17) is 0 Å². The van der Waals surface area contributed by atoms with Crippen molar-refractivity contribution in [2.75, 3.05) is 0 Å². The summed E-state index contributed by atoms with van der Waals surface area (Å²) >= 11 is 0. The van der Waals surface area contributed by atoms with Crippen LogP contribution in [-0.4, -0.2) is 18.3 Å². The van der Waals surface area contributed by atoms with Gasteiger partial charge in [-0.2, -0.15) is 0 Å². The second-order valence-electron chi connectivity index (χ2n) is 17.5. The second kappa shape index (κ2) is 15.0. The minimum Gasteiger partial charge on any atom is -0.307 e. The molecule has 14 aromatic rings. The molecule has 0 fully saturated rings. The van der Waals surface area contributed by atoms with Gasteiger partial charge in [0.1, 0.15) is 0 Å². The van der Waals surface area contributed by atoms with Crippen molar-refractivity contribution in [2.24, 2.45) is 0 Å². The Hall–Kier alpha value is -8.60. The van der Waals surface area contributed by atoms with Crippen molar-refractivity contribution in [3.63, 3.8) is 0 Å². The highest BCUT2D eigenvalue weighted by Gasteiger charge is 2.23. The zero-order valence-corrected chi connectivity index (χ0v) is 36.7. The summed E-state index contributed by atoms with van der Waals surface area (Å²) in [6, 6.07) is 83.2. The molecule has 312 valence electrons. The van der Waals surface area contributed by atoms with Crippen LogP contribution < -0.4 is 0 Å². The number of para-hydroxylation sites is 6. The quantitative estimate of drug-likeness (QED) is 0.168. The first-order chi connectivity index (χ1) is 32.6. The summed E-state index contributed by atoms with van der Waals surface area (Å²) in [5.41, 5.74) is 17.2. The zero-order valence-electron chi connectivity index (χ0n) is 36.7. The fraction of sp³-hybridized carbons (Fsp3) is 0.0323. The smallest absolute Gasteiger partial charge is 0.0788 e. The van der Waals surface area contributed by atoms with Gasteiger partial charge in [-0.05, 0) is 92.7 Å². The predicted molar refractivity (Wildman–Crippen MR) is 280 cm³/mol. The summed E-state index contributed by atoms with van der Waals surface area (Å²) in [6.45, 7) is 4.31. The monoisotopic (exact) mass is 844 g/mol. The van der Waals surface area contributed by atoms with E-state index in [1.807, 2.05) is 0 Å². The Morgan fingerprint density at radius 3 is 0.879 bits per heavy atom. The van der Waals surface area contributed by atoms with Crippen LogP contribution in [0, 0.1) is 13.8 Å². The number of rotatable bonds is 4. The summed E-state index contributed by atoms with van der Waals surface area (Å²) < 4.78 is 9.73. The molecule has 0 radical (unpaired) electrons. The Kier molecular flexibility index (Phi) is 8.62. The van der Waals surface area contributed by atoms with Crippen molar-refractivity contribution in [2.45, 2.75) is 13.8 Å². The van der Waals surface area contributed by atoms with E-state index in [0.717, 1.165) is 0 Å². The molecule has 0 amide bonds. The molecule has 0 bridgehead atoms. The van der Waals surface area contributed by atoms with Gasteiger partial charge in [-0.25, -0.2) is 0 Å². The molecule has 0 saturated heterocycles. The van der Waals surface area contributed by atoms with Crippen LogP contribution in [0.25, 0.3) is 110 Å². The number of aryl methyl sites for hydroxylation is 2. The van der Waals surface area contributed by atoms with E-state index >= 15 is 0 Å². The maximum absolute atomic E-state index is 2.44. The summed E-state index contributed by atoms with van der Waals surface area (Å²) in [7, 11) is 0. The molecule has 66 heavy (non-hydrogen) atoms. The van der Waals surface area contributed by atoms with E-state index in [1.54, 1.807) is 0 Å². The third kappa shape index (κ3) is 5.71.